The van der Waals surface area contributed by atoms with Crippen molar-refractivity contribution in [3.8, 4) is 0 Å². The number of rotatable bonds is 0. The fourth-order valence-electron chi connectivity index (χ4n) is 4.62. The summed E-state index contributed by atoms with van der Waals surface area (Å²) in [5, 5.41) is 6.65. The van der Waals surface area contributed by atoms with Gasteiger partial charge in [0.2, 0.25) is 0 Å². The van der Waals surface area contributed by atoms with Crippen molar-refractivity contribution in [2.45, 2.75) is 70.6 Å². The van der Waals surface area contributed by atoms with Gasteiger partial charge in [-0.05, 0) is 75.6 Å². The van der Waals surface area contributed by atoms with Gasteiger partial charge in [0.25, 0.3) is 0 Å². The minimum Gasteiger partial charge on any atom is -0.497 e. The second-order valence-corrected chi connectivity index (χ2v) is 9.55. The zero-order valence-corrected chi connectivity index (χ0v) is 21.5. The molecule has 5 heterocycles. The molecule has 34 heavy (non-hydrogen) atoms. The molecular formula is C29H50N2O3. The second kappa shape index (κ2) is 20.9. The SMILES string of the molecule is C1=CCNCC1.C1=CCOC=C1.C1=CCOCC1.C1CCC2(C1)CCNC2.C1CCCOCC1. The average Bonchev–Trinajstić information content (AvgIpc) is 3.51. The Balaban J connectivity index is 0.000000152. The van der Waals surface area contributed by atoms with E-state index in [0.29, 0.717) is 0 Å². The van der Waals surface area contributed by atoms with Gasteiger partial charge in [0.05, 0.1) is 19.5 Å². The van der Waals surface area contributed by atoms with Crippen LogP contribution in [0.5, 0.6) is 0 Å². The van der Waals surface area contributed by atoms with Crippen LogP contribution in [0, 0.1) is 5.41 Å². The van der Waals surface area contributed by atoms with Crippen molar-refractivity contribution in [1.29, 1.82) is 0 Å². The topological polar surface area (TPSA) is 51.8 Å². The molecule has 5 nitrogen and oxygen atoms in total. The van der Waals surface area contributed by atoms with Crippen LogP contribution in [0.3, 0.4) is 0 Å². The average molecular weight is 475 g/mol. The first-order valence-corrected chi connectivity index (χ1v) is 13.7. The molecule has 6 aliphatic rings. The van der Waals surface area contributed by atoms with Crippen molar-refractivity contribution in [2.24, 2.45) is 5.41 Å². The van der Waals surface area contributed by atoms with Crippen LogP contribution in [-0.2, 0) is 14.2 Å². The molecule has 0 aromatic rings. The minimum atomic E-state index is 0.733. The van der Waals surface area contributed by atoms with Gasteiger partial charge in [0.1, 0.15) is 6.61 Å². The highest BCUT2D eigenvalue weighted by molar-refractivity contribution is 5.03. The van der Waals surface area contributed by atoms with Crippen molar-refractivity contribution < 1.29 is 14.2 Å². The summed E-state index contributed by atoms with van der Waals surface area (Å²) in [7, 11) is 0. The Morgan fingerprint density at radius 1 is 0.588 bits per heavy atom. The van der Waals surface area contributed by atoms with E-state index in [1.54, 1.807) is 6.26 Å². The molecule has 2 saturated heterocycles. The number of ether oxygens (including phenoxy) is 3. The Hall–Kier alpha value is -1.40. The Kier molecular flexibility index (Phi) is 17.7. The maximum atomic E-state index is 5.19. The molecule has 0 amide bonds. The lowest BCUT2D eigenvalue weighted by atomic mass is 9.86. The van der Waals surface area contributed by atoms with E-state index in [1.807, 2.05) is 24.3 Å². The van der Waals surface area contributed by atoms with E-state index >= 15 is 0 Å². The largest absolute Gasteiger partial charge is 0.497 e. The highest BCUT2D eigenvalue weighted by atomic mass is 16.5. The second-order valence-electron chi connectivity index (χ2n) is 9.55. The summed E-state index contributed by atoms with van der Waals surface area (Å²) in [5.74, 6) is 0. The quantitative estimate of drug-likeness (QED) is 0.441. The van der Waals surface area contributed by atoms with Crippen LogP contribution < -0.4 is 10.6 Å². The van der Waals surface area contributed by atoms with Crippen molar-refractivity contribution in [3.63, 3.8) is 0 Å². The zero-order valence-electron chi connectivity index (χ0n) is 21.5. The molecule has 6 rings (SSSR count). The van der Waals surface area contributed by atoms with Crippen molar-refractivity contribution in [1.82, 2.24) is 10.6 Å². The van der Waals surface area contributed by atoms with Gasteiger partial charge in [-0.15, -0.1) is 0 Å². The van der Waals surface area contributed by atoms with Crippen molar-refractivity contribution in [2.75, 3.05) is 59.2 Å². The van der Waals surface area contributed by atoms with Crippen LogP contribution in [0.4, 0.5) is 0 Å². The van der Waals surface area contributed by atoms with Gasteiger partial charge in [0.15, 0.2) is 0 Å². The Bertz CT molecular complexity index is 491. The van der Waals surface area contributed by atoms with E-state index in [-0.39, 0.29) is 0 Å². The Morgan fingerprint density at radius 3 is 1.76 bits per heavy atom. The summed E-state index contributed by atoms with van der Waals surface area (Å²) in [6.45, 7) is 9.29. The first kappa shape index (κ1) is 28.8. The molecule has 1 saturated carbocycles. The number of allylic oxidation sites excluding steroid dienone is 2. The van der Waals surface area contributed by atoms with Crippen molar-refractivity contribution >= 4 is 0 Å². The van der Waals surface area contributed by atoms with E-state index in [1.165, 1.54) is 77.3 Å². The van der Waals surface area contributed by atoms with E-state index in [0.717, 1.165) is 58.0 Å². The third-order valence-corrected chi connectivity index (χ3v) is 6.66. The summed E-state index contributed by atoms with van der Waals surface area (Å²) in [5.41, 5.74) is 0.778. The highest BCUT2D eigenvalue weighted by Gasteiger charge is 2.35. The Labute approximate surface area is 209 Å². The van der Waals surface area contributed by atoms with Gasteiger partial charge in [-0.2, -0.15) is 0 Å². The minimum absolute atomic E-state index is 0.733. The van der Waals surface area contributed by atoms with Crippen LogP contribution in [0.15, 0.2) is 48.8 Å². The van der Waals surface area contributed by atoms with E-state index in [4.69, 9.17) is 14.2 Å². The molecular weight excluding hydrogens is 424 g/mol. The fraction of sp³-hybridized carbons (Fsp3) is 0.724. The predicted octanol–water partition coefficient (Wildman–Crippen LogP) is 5.70. The number of hydrogen-bond donors (Lipinski definition) is 2. The molecule has 194 valence electrons. The third kappa shape index (κ3) is 15.5. The number of hydrogen-bond acceptors (Lipinski definition) is 5. The smallest absolute Gasteiger partial charge is 0.106 e. The first-order valence-electron chi connectivity index (χ1n) is 13.7. The molecule has 0 bridgehead atoms. The molecule has 0 aromatic carbocycles. The Morgan fingerprint density at radius 2 is 1.41 bits per heavy atom. The molecule has 0 radical (unpaired) electrons. The molecule has 0 aromatic heterocycles. The van der Waals surface area contributed by atoms with Gasteiger partial charge in [0, 0.05) is 26.3 Å². The van der Waals surface area contributed by atoms with Crippen LogP contribution in [0.1, 0.15) is 70.6 Å². The van der Waals surface area contributed by atoms with E-state index in [9.17, 15) is 0 Å². The lowest BCUT2D eigenvalue weighted by Crippen LogP contribution is -2.19. The van der Waals surface area contributed by atoms with E-state index in [2.05, 4.69) is 28.9 Å². The molecule has 5 aliphatic heterocycles. The van der Waals surface area contributed by atoms with Gasteiger partial charge in [-0.3, -0.25) is 0 Å². The normalized spacial score (nSPS) is 24.0. The van der Waals surface area contributed by atoms with Crippen LogP contribution in [0.2, 0.25) is 0 Å². The highest BCUT2D eigenvalue weighted by Crippen LogP contribution is 2.42. The summed E-state index contributed by atoms with van der Waals surface area (Å²) in [6, 6.07) is 0. The summed E-state index contributed by atoms with van der Waals surface area (Å²) in [4.78, 5) is 0. The lowest BCUT2D eigenvalue weighted by molar-refractivity contribution is 0.144. The first-order chi connectivity index (χ1) is 16.9. The van der Waals surface area contributed by atoms with Gasteiger partial charge >= 0.3 is 0 Å². The summed E-state index contributed by atoms with van der Waals surface area (Å²) >= 11 is 0. The molecule has 1 spiro atoms. The lowest BCUT2D eigenvalue weighted by Gasteiger charge is -2.19. The van der Waals surface area contributed by atoms with Crippen LogP contribution in [0.25, 0.3) is 0 Å². The summed E-state index contributed by atoms with van der Waals surface area (Å²) < 4.78 is 15.0. The monoisotopic (exact) mass is 474 g/mol. The predicted molar refractivity (Wildman–Crippen MR) is 143 cm³/mol. The molecule has 1 aliphatic carbocycles. The standard InChI is InChI=1S/C8H15N.C6H12O.C5H9N.C5H8O.C5H6O/c1-2-4-8(3-1)5-6-9-7-8;1-2-4-6-7-5-3-1;3*1-2-4-6-5-3-1/h9H,1-7H2;1-6H2;1-2,6H,3-5H2;1-2H,3-5H2;1-4H,5H2. The molecule has 3 fully saturated rings. The van der Waals surface area contributed by atoms with Crippen LogP contribution in [-0.4, -0.2) is 59.2 Å². The number of nitrogens with one attached hydrogen (secondary N) is 2. The zero-order chi connectivity index (χ0) is 23.8. The molecule has 0 atom stereocenters. The molecule has 5 heteroatoms. The van der Waals surface area contributed by atoms with Gasteiger partial charge < -0.3 is 24.8 Å². The van der Waals surface area contributed by atoms with Crippen molar-refractivity contribution in [3.05, 3.63) is 48.8 Å². The van der Waals surface area contributed by atoms with E-state index < -0.39 is 0 Å². The van der Waals surface area contributed by atoms with Gasteiger partial charge in [-0.25, -0.2) is 0 Å². The maximum Gasteiger partial charge on any atom is 0.106 e. The molecule has 2 N–H and O–H groups in total. The third-order valence-electron chi connectivity index (χ3n) is 6.66. The fourth-order valence-corrected chi connectivity index (χ4v) is 4.62. The van der Waals surface area contributed by atoms with Gasteiger partial charge in [-0.1, -0.05) is 56.1 Å². The summed E-state index contributed by atoms with van der Waals surface area (Å²) in [6.07, 6.45) is 31.1. The molecule has 0 unspecified atom stereocenters. The maximum absolute atomic E-state index is 5.19. The van der Waals surface area contributed by atoms with Crippen LogP contribution >= 0.6 is 0 Å².